The zero-order valence-electron chi connectivity index (χ0n) is 10.5. The van der Waals surface area contributed by atoms with Gasteiger partial charge in [0.2, 0.25) is 0 Å². The summed E-state index contributed by atoms with van der Waals surface area (Å²) in [6.45, 7) is 5.03. The lowest BCUT2D eigenvalue weighted by molar-refractivity contribution is 0.0942. The molecule has 17 heavy (non-hydrogen) atoms. The van der Waals surface area contributed by atoms with Gasteiger partial charge >= 0.3 is 0 Å². The number of benzene rings is 1. The van der Waals surface area contributed by atoms with Crippen LogP contribution in [0, 0.1) is 5.82 Å². The van der Waals surface area contributed by atoms with Crippen molar-refractivity contribution in [3.05, 3.63) is 29.6 Å². The maximum Gasteiger partial charge on any atom is 0.123 e. The van der Waals surface area contributed by atoms with Crippen LogP contribution in [0.15, 0.2) is 18.2 Å². The van der Waals surface area contributed by atoms with E-state index in [2.05, 4.69) is 18.7 Å². The number of hydrogen-bond donors (Lipinski definition) is 1. The van der Waals surface area contributed by atoms with Gasteiger partial charge in [0.05, 0.1) is 0 Å². The highest BCUT2D eigenvalue weighted by Gasteiger charge is 2.25. The summed E-state index contributed by atoms with van der Waals surface area (Å²) in [5.41, 5.74) is 0.686. The molecular weight excluding hydrogens is 217 g/mol. The minimum absolute atomic E-state index is 0.191. The van der Waals surface area contributed by atoms with Gasteiger partial charge in [-0.25, -0.2) is 4.39 Å². The zero-order chi connectivity index (χ0) is 12.4. The predicted octanol–water partition coefficient (Wildman–Crippen LogP) is 3.29. The summed E-state index contributed by atoms with van der Waals surface area (Å²) < 4.78 is 13.2. The third-order valence-corrected chi connectivity index (χ3v) is 3.77. The molecule has 0 aromatic heterocycles. The van der Waals surface area contributed by atoms with E-state index in [4.69, 9.17) is 0 Å². The van der Waals surface area contributed by atoms with Gasteiger partial charge in [-0.05, 0) is 44.9 Å². The largest absolute Gasteiger partial charge is 0.508 e. The normalized spacial score (nSPS) is 26.1. The van der Waals surface area contributed by atoms with Crippen LogP contribution in [0.2, 0.25) is 0 Å². The van der Waals surface area contributed by atoms with E-state index in [1.54, 1.807) is 0 Å². The molecule has 94 valence electrons. The Morgan fingerprint density at radius 2 is 1.94 bits per heavy atom. The topological polar surface area (TPSA) is 23.5 Å². The summed E-state index contributed by atoms with van der Waals surface area (Å²) in [6.07, 6.45) is 3.62. The van der Waals surface area contributed by atoms with Crippen LogP contribution in [-0.4, -0.2) is 22.1 Å². The molecule has 3 heteroatoms. The molecule has 1 heterocycles. The molecule has 2 atom stereocenters. The van der Waals surface area contributed by atoms with Gasteiger partial charge < -0.3 is 5.11 Å². The smallest absolute Gasteiger partial charge is 0.123 e. The number of rotatable bonds is 2. The number of halogens is 1. The van der Waals surface area contributed by atoms with Gasteiger partial charge in [-0.3, -0.25) is 4.90 Å². The first-order valence-electron chi connectivity index (χ1n) is 6.31. The zero-order valence-corrected chi connectivity index (χ0v) is 10.5. The van der Waals surface area contributed by atoms with Gasteiger partial charge in [0.25, 0.3) is 0 Å². The molecule has 1 aliphatic rings. The average Bonchev–Trinajstić information content (AvgIpc) is 2.28. The molecule has 1 aromatic carbocycles. The molecule has 0 bridgehead atoms. The maximum absolute atomic E-state index is 13.2. The lowest BCUT2D eigenvalue weighted by Gasteiger charge is -2.39. The SMILES string of the molecule is CC1CCCC(C)N1Cc1cc(F)ccc1O. The van der Waals surface area contributed by atoms with Crippen LogP contribution in [0.4, 0.5) is 4.39 Å². The van der Waals surface area contributed by atoms with Crippen molar-refractivity contribution in [2.24, 2.45) is 0 Å². The van der Waals surface area contributed by atoms with E-state index >= 15 is 0 Å². The standard InChI is InChI=1S/C14H20FNO/c1-10-4-3-5-11(2)16(10)9-12-8-13(15)6-7-14(12)17/h6-8,10-11,17H,3-5,9H2,1-2H3. The van der Waals surface area contributed by atoms with Crippen LogP contribution < -0.4 is 0 Å². The van der Waals surface area contributed by atoms with Crippen molar-refractivity contribution < 1.29 is 9.50 Å². The average molecular weight is 237 g/mol. The van der Waals surface area contributed by atoms with Gasteiger partial charge in [-0.1, -0.05) is 6.42 Å². The van der Waals surface area contributed by atoms with Gasteiger partial charge in [-0.15, -0.1) is 0 Å². The molecule has 2 unspecified atom stereocenters. The monoisotopic (exact) mass is 237 g/mol. The second-order valence-electron chi connectivity index (χ2n) is 5.07. The minimum atomic E-state index is -0.282. The number of hydrogen-bond acceptors (Lipinski definition) is 2. The minimum Gasteiger partial charge on any atom is -0.508 e. The Hall–Kier alpha value is -1.09. The fourth-order valence-electron chi connectivity index (χ4n) is 2.66. The van der Waals surface area contributed by atoms with Crippen LogP contribution in [0.5, 0.6) is 5.75 Å². The van der Waals surface area contributed by atoms with E-state index < -0.39 is 0 Å². The van der Waals surface area contributed by atoms with Gasteiger partial charge in [0.15, 0.2) is 0 Å². The van der Waals surface area contributed by atoms with E-state index in [1.165, 1.54) is 37.5 Å². The second kappa shape index (κ2) is 5.05. The van der Waals surface area contributed by atoms with Crippen LogP contribution in [-0.2, 0) is 6.54 Å². The summed E-state index contributed by atoms with van der Waals surface area (Å²) in [5.74, 6) is -0.0912. The second-order valence-corrected chi connectivity index (χ2v) is 5.07. The summed E-state index contributed by atoms with van der Waals surface area (Å²) in [5, 5.41) is 9.74. The summed E-state index contributed by atoms with van der Waals surface area (Å²) >= 11 is 0. The van der Waals surface area contributed by atoms with E-state index in [1.807, 2.05) is 0 Å². The highest BCUT2D eigenvalue weighted by molar-refractivity contribution is 5.32. The van der Waals surface area contributed by atoms with Crippen LogP contribution in [0.1, 0.15) is 38.7 Å². The predicted molar refractivity (Wildman–Crippen MR) is 66.4 cm³/mol. The summed E-state index contributed by atoms with van der Waals surface area (Å²) in [4.78, 5) is 2.35. The van der Waals surface area contributed by atoms with Gasteiger partial charge in [-0.2, -0.15) is 0 Å². The van der Waals surface area contributed by atoms with E-state index in [0.717, 1.165) is 0 Å². The van der Waals surface area contributed by atoms with Crippen molar-refractivity contribution >= 4 is 0 Å². The summed E-state index contributed by atoms with van der Waals surface area (Å²) in [6, 6.07) is 5.16. The molecular formula is C14H20FNO. The van der Waals surface area contributed by atoms with E-state index in [-0.39, 0.29) is 11.6 Å². The van der Waals surface area contributed by atoms with Crippen molar-refractivity contribution in [3.63, 3.8) is 0 Å². The first-order chi connectivity index (χ1) is 8.08. The molecule has 2 nitrogen and oxygen atoms in total. The number of phenolic OH excluding ortho intramolecular Hbond substituents is 1. The lowest BCUT2D eigenvalue weighted by Crippen LogP contribution is -2.42. The van der Waals surface area contributed by atoms with Crippen molar-refractivity contribution in [1.82, 2.24) is 4.90 Å². The van der Waals surface area contributed by atoms with Crippen molar-refractivity contribution in [2.45, 2.75) is 51.7 Å². The Morgan fingerprint density at radius 3 is 2.59 bits per heavy atom. The Balaban J connectivity index is 2.16. The first-order valence-corrected chi connectivity index (χ1v) is 6.31. The fourth-order valence-corrected chi connectivity index (χ4v) is 2.66. The Kier molecular flexibility index (Phi) is 3.67. The molecule has 0 aliphatic carbocycles. The molecule has 1 saturated heterocycles. The molecule has 0 radical (unpaired) electrons. The van der Waals surface area contributed by atoms with Crippen LogP contribution in [0.25, 0.3) is 0 Å². The molecule has 0 saturated carbocycles. The van der Waals surface area contributed by atoms with Gasteiger partial charge in [0.1, 0.15) is 11.6 Å². The maximum atomic E-state index is 13.2. The number of phenols is 1. The number of aromatic hydroxyl groups is 1. The molecule has 1 aromatic rings. The first kappa shape index (κ1) is 12.4. The number of piperidine rings is 1. The van der Waals surface area contributed by atoms with Crippen LogP contribution in [0.3, 0.4) is 0 Å². The van der Waals surface area contributed by atoms with Crippen molar-refractivity contribution in [3.8, 4) is 5.75 Å². The molecule has 1 fully saturated rings. The Labute approximate surface area is 102 Å². The third kappa shape index (κ3) is 2.78. The third-order valence-electron chi connectivity index (χ3n) is 3.77. The number of nitrogens with zero attached hydrogens (tertiary/aromatic N) is 1. The number of likely N-dealkylation sites (tertiary alicyclic amines) is 1. The van der Waals surface area contributed by atoms with Crippen molar-refractivity contribution in [1.29, 1.82) is 0 Å². The fraction of sp³-hybridized carbons (Fsp3) is 0.571. The highest BCUT2D eigenvalue weighted by atomic mass is 19.1. The molecule has 1 N–H and O–H groups in total. The summed E-state index contributed by atoms with van der Waals surface area (Å²) in [7, 11) is 0. The Bertz CT molecular complexity index is 384. The quantitative estimate of drug-likeness (QED) is 0.853. The molecule has 1 aliphatic heterocycles. The van der Waals surface area contributed by atoms with Crippen molar-refractivity contribution in [2.75, 3.05) is 0 Å². The van der Waals surface area contributed by atoms with Crippen LogP contribution >= 0.6 is 0 Å². The molecule has 0 amide bonds. The van der Waals surface area contributed by atoms with E-state index in [9.17, 15) is 9.50 Å². The highest BCUT2D eigenvalue weighted by Crippen LogP contribution is 2.27. The molecule has 0 spiro atoms. The van der Waals surface area contributed by atoms with Gasteiger partial charge in [0, 0.05) is 24.2 Å². The molecule has 2 rings (SSSR count). The Morgan fingerprint density at radius 1 is 1.29 bits per heavy atom. The van der Waals surface area contributed by atoms with E-state index in [0.29, 0.717) is 24.2 Å². The lowest BCUT2D eigenvalue weighted by atomic mass is 9.96.